The Balaban J connectivity index is 0.000000861. The number of carbonyl (C=O) groups excluding carboxylic acids is 1. The molecule has 1 aromatic heterocycles. The molecule has 4 N–H and O–H groups in total. The van der Waals surface area contributed by atoms with E-state index >= 15 is 0 Å². The summed E-state index contributed by atoms with van der Waals surface area (Å²) in [5.41, 5.74) is 0.111. The first-order valence-corrected chi connectivity index (χ1v) is 11.6. The lowest BCUT2D eigenvalue weighted by atomic mass is 10.2. The van der Waals surface area contributed by atoms with E-state index < -0.39 is 16.1 Å². The number of aromatic nitrogens is 1. The average Bonchev–Trinajstić information content (AvgIpc) is 2.67. The molecule has 0 saturated heterocycles. The molecule has 0 aliphatic carbocycles. The maximum absolute atomic E-state index is 11.7. The van der Waals surface area contributed by atoms with Crippen LogP contribution in [0, 0.1) is 5.92 Å². The van der Waals surface area contributed by atoms with Crippen LogP contribution in [0.5, 0.6) is 17.4 Å². The molecule has 0 radical (unpaired) electrons. The minimum Gasteiger partial charge on any atom is -0.476 e. The highest BCUT2D eigenvalue weighted by atomic mass is 35.5. The van der Waals surface area contributed by atoms with Crippen molar-refractivity contribution in [2.45, 2.75) is 27.7 Å². The van der Waals surface area contributed by atoms with Crippen molar-refractivity contribution in [2.75, 3.05) is 19.7 Å². The van der Waals surface area contributed by atoms with E-state index in [-0.39, 0.29) is 5.56 Å². The third-order valence-corrected chi connectivity index (χ3v) is 4.16. The van der Waals surface area contributed by atoms with Gasteiger partial charge in [-0.05, 0) is 43.3 Å². The van der Waals surface area contributed by atoms with Crippen molar-refractivity contribution >= 4 is 27.7 Å². The Morgan fingerprint density at radius 2 is 1.77 bits per heavy atom. The van der Waals surface area contributed by atoms with Crippen LogP contribution in [0.3, 0.4) is 0 Å². The van der Waals surface area contributed by atoms with Gasteiger partial charge in [0.25, 0.3) is 16.1 Å². The highest BCUT2D eigenvalue weighted by Gasteiger charge is 2.12. The lowest BCUT2D eigenvalue weighted by molar-refractivity contribution is 0.0981. The third kappa shape index (κ3) is 11.0. The van der Waals surface area contributed by atoms with Crippen LogP contribution in [0.4, 0.5) is 0 Å². The van der Waals surface area contributed by atoms with E-state index in [0.717, 1.165) is 13.1 Å². The molecule has 0 bridgehead atoms. The number of pyridine rings is 1. The van der Waals surface area contributed by atoms with Crippen molar-refractivity contribution in [1.82, 2.24) is 15.0 Å². The molecule has 0 saturated carbocycles. The van der Waals surface area contributed by atoms with Crippen molar-refractivity contribution < 1.29 is 22.7 Å². The van der Waals surface area contributed by atoms with Gasteiger partial charge in [0, 0.05) is 11.6 Å². The van der Waals surface area contributed by atoms with Gasteiger partial charge in [-0.3, -0.25) is 4.79 Å². The number of nitrogens with zero attached hydrogens (tertiary/aromatic N) is 1. The Kier molecular flexibility index (Phi) is 11.3. The number of hydrogen-bond acceptors (Lipinski definition) is 7. The van der Waals surface area contributed by atoms with E-state index in [9.17, 15) is 13.2 Å². The number of nitrogens with one attached hydrogen (secondary N) is 2. The van der Waals surface area contributed by atoms with Crippen LogP contribution in [-0.2, 0) is 10.2 Å². The van der Waals surface area contributed by atoms with Gasteiger partial charge in [-0.2, -0.15) is 8.42 Å². The summed E-state index contributed by atoms with van der Waals surface area (Å²) in [6.45, 7) is 10.9. The lowest BCUT2D eigenvalue weighted by Crippen LogP contribution is -2.35. The molecule has 172 valence electrons. The van der Waals surface area contributed by atoms with Gasteiger partial charge in [-0.25, -0.2) is 14.8 Å². The van der Waals surface area contributed by atoms with Crippen LogP contribution in [0.15, 0.2) is 36.5 Å². The van der Waals surface area contributed by atoms with Crippen molar-refractivity contribution in [1.29, 1.82) is 0 Å². The molecular formula is C20H29ClN4O5S. The van der Waals surface area contributed by atoms with Crippen LogP contribution in [0.25, 0.3) is 0 Å². The number of ether oxygens (including phenoxy) is 2. The second kappa shape index (κ2) is 13.1. The highest BCUT2D eigenvalue weighted by Crippen LogP contribution is 2.29. The van der Waals surface area contributed by atoms with E-state index in [4.69, 9.17) is 26.2 Å². The summed E-state index contributed by atoms with van der Waals surface area (Å²) >= 11 is 6.12. The number of halogens is 1. The van der Waals surface area contributed by atoms with Gasteiger partial charge in [0.05, 0.1) is 12.8 Å². The topological polar surface area (TPSA) is 133 Å². The van der Waals surface area contributed by atoms with Gasteiger partial charge in [-0.15, -0.1) is 0 Å². The number of carbonyl (C=O) groups is 1. The molecule has 0 fully saturated rings. The summed E-state index contributed by atoms with van der Waals surface area (Å²) in [5.74, 6) is 0.617. The molecule has 2 aromatic rings. The molecule has 9 nitrogen and oxygen atoms in total. The lowest BCUT2D eigenvalue weighted by Gasteiger charge is -2.11. The molecule has 1 amide bonds. The molecule has 0 aliphatic rings. The number of hydrogen-bond donors (Lipinski definition) is 3. The molecule has 1 heterocycles. The first-order chi connectivity index (χ1) is 14.6. The Morgan fingerprint density at radius 1 is 1.16 bits per heavy atom. The van der Waals surface area contributed by atoms with Crippen molar-refractivity contribution in [2.24, 2.45) is 11.1 Å². The van der Waals surface area contributed by atoms with Crippen molar-refractivity contribution in [3.63, 3.8) is 0 Å². The molecule has 0 spiro atoms. The number of nitrogens with two attached hydrogens (primary N) is 1. The summed E-state index contributed by atoms with van der Waals surface area (Å²) in [6.07, 6.45) is 1.46. The first kappa shape index (κ1) is 26.6. The quantitative estimate of drug-likeness (QED) is 0.510. The SMILES string of the molecule is CC(C)COc1ncc(Oc2ccc(C(=O)NS(N)(=O)=O)cc2)cc1Cl.CCNCC. The molecule has 0 unspecified atom stereocenters. The second-order valence-corrected chi connectivity index (χ2v) is 8.42. The zero-order chi connectivity index (χ0) is 23.4. The van der Waals surface area contributed by atoms with E-state index in [2.05, 4.69) is 24.1 Å². The van der Waals surface area contributed by atoms with Crippen LogP contribution >= 0.6 is 11.6 Å². The summed E-state index contributed by atoms with van der Waals surface area (Å²) in [6, 6.07) is 7.34. The van der Waals surface area contributed by atoms with E-state index in [0.29, 0.717) is 34.9 Å². The van der Waals surface area contributed by atoms with Crippen molar-refractivity contribution in [3.05, 3.63) is 47.1 Å². The Hall–Kier alpha value is -2.40. The van der Waals surface area contributed by atoms with E-state index in [1.807, 2.05) is 13.8 Å². The van der Waals surface area contributed by atoms with E-state index in [1.165, 1.54) is 30.5 Å². The molecule has 0 atom stereocenters. The Bertz CT molecular complexity index is 935. The third-order valence-electron chi connectivity index (χ3n) is 3.42. The van der Waals surface area contributed by atoms with Gasteiger partial charge in [-0.1, -0.05) is 39.3 Å². The van der Waals surface area contributed by atoms with Crippen LogP contribution in [-0.4, -0.2) is 39.0 Å². The fraction of sp³-hybridized carbons (Fsp3) is 0.400. The number of amides is 1. The predicted octanol–water partition coefficient (Wildman–Crippen LogP) is 3.11. The van der Waals surface area contributed by atoms with Crippen LogP contribution in [0.1, 0.15) is 38.1 Å². The molecule has 0 aliphatic heterocycles. The zero-order valence-electron chi connectivity index (χ0n) is 18.0. The summed E-state index contributed by atoms with van der Waals surface area (Å²) < 4.78 is 34.5. The monoisotopic (exact) mass is 472 g/mol. The van der Waals surface area contributed by atoms with Crippen LogP contribution < -0.4 is 24.7 Å². The largest absolute Gasteiger partial charge is 0.476 e. The molecule has 1 aromatic carbocycles. The molecule has 2 rings (SSSR count). The maximum atomic E-state index is 11.7. The van der Waals surface area contributed by atoms with Gasteiger partial charge < -0.3 is 14.8 Å². The molecule has 11 heteroatoms. The number of benzene rings is 1. The highest BCUT2D eigenvalue weighted by molar-refractivity contribution is 7.87. The minimum absolute atomic E-state index is 0.111. The number of rotatable bonds is 9. The normalized spacial score (nSPS) is 10.8. The zero-order valence-corrected chi connectivity index (χ0v) is 19.6. The van der Waals surface area contributed by atoms with Gasteiger partial charge >= 0.3 is 0 Å². The maximum Gasteiger partial charge on any atom is 0.298 e. The van der Waals surface area contributed by atoms with Crippen LogP contribution in [0.2, 0.25) is 5.02 Å². The second-order valence-electron chi connectivity index (χ2n) is 6.72. The predicted molar refractivity (Wildman–Crippen MR) is 121 cm³/mol. The van der Waals surface area contributed by atoms with Crippen molar-refractivity contribution in [3.8, 4) is 17.4 Å². The minimum atomic E-state index is -4.11. The fourth-order valence-electron chi connectivity index (χ4n) is 2.06. The van der Waals surface area contributed by atoms with Gasteiger partial charge in [0.2, 0.25) is 5.88 Å². The summed E-state index contributed by atoms with van der Waals surface area (Å²) in [7, 11) is -4.11. The molecular weight excluding hydrogens is 444 g/mol. The average molecular weight is 473 g/mol. The Labute approximate surface area is 188 Å². The van der Waals surface area contributed by atoms with E-state index in [1.54, 1.807) is 10.8 Å². The first-order valence-electron chi connectivity index (χ1n) is 9.67. The Morgan fingerprint density at radius 3 is 2.23 bits per heavy atom. The fourth-order valence-corrected chi connectivity index (χ4v) is 2.65. The van der Waals surface area contributed by atoms with Gasteiger partial charge in [0.15, 0.2) is 0 Å². The summed E-state index contributed by atoms with van der Waals surface area (Å²) in [4.78, 5) is 15.8. The summed E-state index contributed by atoms with van der Waals surface area (Å²) in [5, 5.41) is 8.18. The standard InChI is InChI=1S/C16H18ClN3O5S.C4H11N/c1-10(2)9-24-16-14(17)7-13(8-19-16)25-12-5-3-11(4-6-12)15(21)20-26(18,22)23;1-3-5-4-2/h3-8,10H,9H2,1-2H3,(H,20,21)(H2,18,22,23);5H,3-4H2,1-2H3. The smallest absolute Gasteiger partial charge is 0.298 e. The van der Waals surface area contributed by atoms with Gasteiger partial charge in [0.1, 0.15) is 16.5 Å². The molecule has 31 heavy (non-hydrogen) atoms.